The lowest BCUT2D eigenvalue weighted by molar-refractivity contribution is 0.0702. The van der Waals surface area contributed by atoms with Gasteiger partial charge < -0.3 is 5.11 Å². The SMILES string of the molecule is CSc1sc(C(=O)O)cc1-c1nc(-c2ccc(C)cc2)cs1. The van der Waals surface area contributed by atoms with Gasteiger partial charge in [-0.1, -0.05) is 29.8 Å². The Hall–Kier alpha value is -1.63. The molecule has 0 aliphatic rings. The Kier molecular flexibility index (Phi) is 4.33. The highest BCUT2D eigenvalue weighted by molar-refractivity contribution is 8.00. The van der Waals surface area contributed by atoms with Crippen LogP contribution in [0.15, 0.2) is 39.9 Å². The molecule has 0 unspecified atom stereocenters. The van der Waals surface area contributed by atoms with Crippen LogP contribution in [0.4, 0.5) is 0 Å². The lowest BCUT2D eigenvalue weighted by Crippen LogP contribution is -1.89. The van der Waals surface area contributed by atoms with Gasteiger partial charge in [-0.2, -0.15) is 0 Å². The third-order valence-corrected chi connectivity index (χ3v) is 6.31. The van der Waals surface area contributed by atoms with Gasteiger partial charge in [0.2, 0.25) is 0 Å². The molecule has 3 nitrogen and oxygen atoms in total. The second-order valence-corrected chi connectivity index (χ2v) is 7.71. The zero-order valence-corrected chi connectivity index (χ0v) is 14.4. The maximum absolute atomic E-state index is 11.2. The standard InChI is InChI=1S/C16H13NO2S3/c1-9-3-5-10(6-4-9)12-8-21-14(17-12)11-7-13(15(18)19)22-16(11)20-2/h3-8H,1-2H3,(H,18,19). The summed E-state index contributed by atoms with van der Waals surface area (Å²) in [4.78, 5) is 16.2. The Bertz CT molecular complexity index is 818. The number of rotatable bonds is 4. The van der Waals surface area contributed by atoms with Crippen LogP contribution in [-0.2, 0) is 0 Å². The van der Waals surface area contributed by atoms with E-state index in [1.165, 1.54) is 16.9 Å². The maximum atomic E-state index is 11.2. The Morgan fingerprint density at radius 3 is 2.64 bits per heavy atom. The van der Waals surface area contributed by atoms with Crippen LogP contribution in [0, 0.1) is 6.92 Å². The number of carboxylic acid groups (broad SMARTS) is 1. The van der Waals surface area contributed by atoms with Crippen molar-refractivity contribution in [1.82, 2.24) is 4.98 Å². The Labute approximate surface area is 140 Å². The van der Waals surface area contributed by atoms with Crippen molar-refractivity contribution >= 4 is 40.4 Å². The number of thioether (sulfide) groups is 1. The summed E-state index contributed by atoms with van der Waals surface area (Å²) in [7, 11) is 0. The van der Waals surface area contributed by atoms with E-state index in [2.05, 4.69) is 36.2 Å². The lowest BCUT2D eigenvalue weighted by Gasteiger charge is -1.98. The zero-order valence-electron chi connectivity index (χ0n) is 12.0. The molecule has 1 N–H and O–H groups in total. The van der Waals surface area contributed by atoms with Crippen LogP contribution in [0.2, 0.25) is 0 Å². The molecule has 0 fully saturated rings. The number of hydrogen-bond donors (Lipinski definition) is 1. The quantitative estimate of drug-likeness (QED) is 0.653. The van der Waals surface area contributed by atoms with Gasteiger partial charge in [0.15, 0.2) is 0 Å². The first kappa shape index (κ1) is 15.3. The first-order chi connectivity index (χ1) is 10.6. The van der Waals surface area contributed by atoms with Gasteiger partial charge in [0.1, 0.15) is 9.88 Å². The fourth-order valence-corrected chi connectivity index (χ4v) is 4.72. The number of benzene rings is 1. The van der Waals surface area contributed by atoms with E-state index in [1.807, 2.05) is 11.6 Å². The predicted octanol–water partition coefficient (Wildman–Crippen LogP) is 5.27. The Morgan fingerprint density at radius 2 is 2.00 bits per heavy atom. The van der Waals surface area contributed by atoms with Gasteiger partial charge in [-0.15, -0.1) is 34.4 Å². The van der Waals surface area contributed by atoms with E-state index in [-0.39, 0.29) is 0 Å². The number of aromatic carboxylic acids is 1. The van der Waals surface area contributed by atoms with Crippen molar-refractivity contribution in [2.75, 3.05) is 6.26 Å². The van der Waals surface area contributed by atoms with E-state index in [0.29, 0.717) is 4.88 Å². The number of thiophene rings is 1. The first-order valence-electron chi connectivity index (χ1n) is 6.52. The number of thiazole rings is 1. The third-order valence-electron chi connectivity index (χ3n) is 3.18. The highest BCUT2D eigenvalue weighted by Gasteiger charge is 2.17. The van der Waals surface area contributed by atoms with Crippen LogP contribution < -0.4 is 0 Å². The number of carboxylic acids is 1. The van der Waals surface area contributed by atoms with Crippen molar-refractivity contribution in [3.05, 3.63) is 46.2 Å². The molecule has 3 rings (SSSR count). The minimum Gasteiger partial charge on any atom is -0.477 e. The van der Waals surface area contributed by atoms with Crippen molar-refractivity contribution in [2.45, 2.75) is 11.1 Å². The second-order valence-electron chi connectivity index (χ2n) is 4.72. The summed E-state index contributed by atoms with van der Waals surface area (Å²) in [5.74, 6) is -0.887. The molecule has 0 atom stereocenters. The Balaban J connectivity index is 2.00. The van der Waals surface area contributed by atoms with Crippen LogP contribution in [0.3, 0.4) is 0 Å². The van der Waals surface area contributed by atoms with Crippen LogP contribution in [0.25, 0.3) is 21.8 Å². The molecule has 0 radical (unpaired) electrons. The summed E-state index contributed by atoms with van der Waals surface area (Å²) in [6.45, 7) is 2.06. The summed E-state index contributed by atoms with van der Waals surface area (Å²) in [5, 5.41) is 12.0. The summed E-state index contributed by atoms with van der Waals surface area (Å²) >= 11 is 4.40. The van der Waals surface area contributed by atoms with Gasteiger partial charge in [-0.3, -0.25) is 0 Å². The number of nitrogens with zero attached hydrogens (tertiary/aromatic N) is 1. The molecule has 0 amide bonds. The summed E-state index contributed by atoms with van der Waals surface area (Å²) in [5.41, 5.74) is 4.13. The molecule has 0 aliphatic carbocycles. The van der Waals surface area contributed by atoms with Crippen molar-refractivity contribution in [1.29, 1.82) is 0 Å². The average Bonchev–Trinajstić information content (AvgIpc) is 3.14. The first-order valence-corrected chi connectivity index (χ1v) is 9.44. The molecule has 0 spiro atoms. The molecule has 22 heavy (non-hydrogen) atoms. The molecule has 2 heterocycles. The van der Waals surface area contributed by atoms with Gasteiger partial charge in [-0.05, 0) is 19.2 Å². The molecule has 0 saturated carbocycles. The third kappa shape index (κ3) is 2.95. The summed E-state index contributed by atoms with van der Waals surface area (Å²) in [6, 6.07) is 9.96. The molecule has 0 aliphatic heterocycles. The minimum absolute atomic E-state index is 0.353. The summed E-state index contributed by atoms with van der Waals surface area (Å²) < 4.78 is 0.988. The number of carbonyl (C=O) groups is 1. The fourth-order valence-electron chi connectivity index (χ4n) is 2.03. The number of hydrogen-bond acceptors (Lipinski definition) is 5. The normalized spacial score (nSPS) is 10.8. The smallest absolute Gasteiger partial charge is 0.345 e. The summed E-state index contributed by atoms with van der Waals surface area (Å²) in [6.07, 6.45) is 1.95. The van der Waals surface area contributed by atoms with Crippen LogP contribution in [0.1, 0.15) is 15.2 Å². The fraction of sp³-hybridized carbons (Fsp3) is 0.125. The highest BCUT2D eigenvalue weighted by atomic mass is 32.2. The van der Waals surface area contributed by atoms with Gasteiger partial charge in [0.25, 0.3) is 0 Å². The van der Waals surface area contributed by atoms with Crippen LogP contribution in [-0.4, -0.2) is 22.3 Å². The van der Waals surface area contributed by atoms with E-state index in [1.54, 1.807) is 29.2 Å². The van der Waals surface area contributed by atoms with Crippen molar-refractivity contribution < 1.29 is 9.90 Å². The predicted molar refractivity (Wildman–Crippen MR) is 94.3 cm³/mol. The van der Waals surface area contributed by atoms with Crippen molar-refractivity contribution in [2.24, 2.45) is 0 Å². The van der Waals surface area contributed by atoms with E-state index < -0.39 is 5.97 Å². The molecule has 1 aromatic carbocycles. The zero-order chi connectivity index (χ0) is 15.7. The molecular formula is C16H13NO2S3. The molecule has 2 aromatic heterocycles. The lowest BCUT2D eigenvalue weighted by atomic mass is 10.1. The van der Waals surface area contributed by atoms with Crippen LogP contribution >= 0.6 is 34.4 Å². The second kappa shape index (κ2) is 6.24. The van der Waals surface area contributed by atoms with E-state index in [0.717, 1.165) is 26.0 Å². The van der Waals surface area contributed by atoms with Gasteiger partial charge in [-0.25, -0.2) is 9.78 Å². The van der Waals surface area contributed by atoms with E-state index >= 15 is 0 Å². The molecular weight excluding hydrogens is 334 g/mol. The monoisotopic (exact) mass is 347 g/mol. The Morgan fingerprint density at radius 1 is 1.27 bits per heavy atom. The topological polar surface area (TPSA) is 50.2 Å². The molecule has 3 aromatic rings. The van der Waals surface area contributed by atoms with E-state index in [4.69, 9.17) is 5.11 Å². The maximum Gasteiger partial charge on any atom is 0.345 e. The highest BCUT2D eigenvalue weighted by Crippen LogP contribution is 2.40. The van der Waals surface area contributed by atoms with Crippen LogP contribution in [0.5, 0.6) is 0 Å². The number of aromatic nitrogens is 1. The number of aryl methyl sites for hydroxylation is 1. The molecule has 0 saturated heterocycles. The molecule has 6 heteroatoms. The molecule has 112 valence electrons. The van der Waals surface area contributed by atoms with Gasteiger partial charge >= 0.3 is 5.97 Å². The van der Waals surface area contributed by atoms with Gasteiger partial charge in [0, 0.05) is 16.5 Å². The minimum atomic E-state index is -0.887. The largest absolute Gasteiger partial charge is 0.477 e. The molecule has 0 bridgehead atoms. The van der Waals surface area contributed by atoms with Gasteiger partial charge in [0.05, 0.1) is 9.90 Å². The van der Waals surface area contributed by atoms with E-state index in [9.17, 15) is 4.79 Å². The van der Waals surface area contributed by atoms with Crippen molar-refractivity contribution in [3.8, 4) is 21.8 Å². The average molecular weight is 347 g/mol. The van der Waals surface area contributed by atoms with Crippen molar-refractivity contribution in [3.63, 3.8) is 0 Å².